The zero-order valence-electron chi connectivity index (χ0n) is 17.3. The standard InChI is InChI=1S/C24H28N2O3/c1-4-5-6-9-14-25-24(27)20-16-22(26-21-11-8-7-10-18(20)21)19-13-12-17(28-2)15-23(19)29-3/h7-8,10-13,15-16H,4-6,9,14H2,1-3H3,(H,25,27). The highest BCUT2D eigenvalue weighted by atomic mass is 16.5. The molecular formula is C24H28N2O3. The SMILES string of the molecule is CCCCCCNC(=O)c1cc(-c2ccc(OC)cc2OC)nc2ccccc12. The van der Waals surface area contributed by atoms with Gasteiger partial charge in [-0.25, -0.2) is 4.98 Å². The van der Waals surface area contributed by atoms with Crippen molar-refractivity contribution in [3.8, 4) is 22.8 Å². The molecule has 0 atom stereocenters. The van der Waals surface area contributed by atoms with Crippen LogP contribution in [0.15, 0.2) is 48.5 Å². The van der Waals surface area contributed by atoms with Crippen LogP contribution in [0.5, 0.6) is 11.5 Å². The summed E-state index contributed by atoms with van der Waals surface area (Å²) in [6.07, 6.45) is 4.48. The van der Waals surface area contributed by atoms with Crippen LogP contribution in [0.1, 0.15) is 43.0 Å². The van der Waals surface area contributed by atoms with Crippen molar-refractivity contribution in [3.05, 3.63) is 54.1 Å². The molecule has 3 rings (SSSR count). The molecule has 0 spiro atoms. The number of aromatic nitrogens is 1. The molecule has 0 aliphatic carbocycles. The van der Waals surface area contributed by atoms with Crippen molar-refractivity contribution >= 4 is 16.8 Å². The van der Waals surface area contributed by atoms with Crippen molar-refractivity contribution in [2.45, 2.75) is 32.6 Å². The van der Waals surface area contributed by atoms with Gasteiger partial charge in [0.15, 0.2) is 0 Å². The Bertz CT molecular complexity index is 985. The van der Waals surface area contributed by atoms with Gasteiger partial charge >= 0.3 is 0 Å². The quantitative estimate of drug-likeness (QED) is 0.507. The Morgan fingerprint density at radius 1 is 1.00 bits per heavy atom. The van der Waals surface area contributed by atoms with E-state index in [-0.39, 0.29) is 5.91 Å². The molecule has 5 heteroatoms. The van der Waals surface area contributed by atoms with Gasteiger partial charge in [-0.2, -0.15) is 0 Å². The fraction of sp³-hybridized carbons (Fsp3) is 0.333. The second-order valence-corrected chi connectivity index (χ2v) is 6.95. The Hall–Kier alpha value is -3.08. The number of unbranched alkanes of at least 4 members (excludes halogenated alkanes) is 3. The molecule has 0 aliphatic rings. The van der Waals surface area contributed by atoms with E-state index in [0.717, 1.165) is 29.3 Å². The highest BCUT2D eigenvalue weighted by Gasteiger charge is 2.16. The number of nitrogens with zero attached hydrogens (tertiary/aromatic N) is 1. The van der Waals surface area contributed by atoms with Crippen LogP contribution in [0.25, 0.3) is 22.2 Å². The Labute approximate surface area is 172 Å². The number of para-hydroxylation sites is 1. The average molecular weight is 392 g/mol. The van der Waals surface area contributed by atoms with Crippen LogP contribution in [0.3, 0.4) is 0 Å². The third-order valence-corrected chi connectivity index (χ3v) is 4.96. The number of methoxy groups -OCH3 is 2. The summed E-state index contributed by atoms with van der Waals surface area (Å²) in [5.74, 6) is 1.28. The van der Waals surface area contributed by atoms with Gasteiger partial charge in [-0.05, 0) is 30.7 Å². The summed E-state index contributed by atoms with van der Waals surface area (Å²) >= 11 is 0. The Kier molecular flexibility index (Phi) is 7.06. The van der Waals surface area contributed by atoms with Crippen LogP contribution < -0.4 is 14.8 Å². The molecule has 0 radical (unpaired) electrons. The number of hydrogen-bond acceptors (Lipinski definition) is 4. The van der Waals surface area contributed by atoms with E-state index in [1.165, 1.54) is 12.8 Å². The van der Waals surface area contributed by atoms with Gasteiger partial charge in [0.25, 0.3) is 5.91 Å². The van der Waals surface area contributed by atoms with Crippen LogP contribution in [0.4, 0.5) is 0 Å². The molecule has 5 nitrogen and oxygen atoms in total. The summed E-state index contributed by atoms with van der Waals surface area (Å²) in [6, 6.07) is 15.1. The molecule has 0 aliphatic heterocycles. The number of benzene rings is 2. The number of nitrogens with one attached hydrogen (secondary N) is 1. The largest absolute Gasteiger partial charge is 0.497 e. The van der Waals surface area contributed by atoms with Gasteiger partial charge in [0.2, 0.25) is 0 Å². The van der Waals surface area contributed by atoms with Crippen LogP contribution in [-0.4, -0.2) is 31.7 Å². The van der Waals surface area contributed by atoms with Gasteiger partial charge < -0.3 is 14.8 Å². The molecule has 152 valence electrons. The van der Waals surface area contributed by atoms with Crippen LogP contribution in [0.2, 0.25) is 0 Å². The third kappa shape index (κ3) is 4.86. The van der Waals surface area contributed by atoms with Crippen molar-refractivity contribution < 1.29 is 14.3 Å². The van der Waals surface area contributed by atoms with Gasteiger partial charge in [-0.1, -0.05) is 44.4 Å². The summed E-state index contributed by atoms with van der Waals surface area (Å²) in [5, 5.41) is 3.90. The van der Waals surface area contributed by atoms with Crippen LogP contribution >= 0.6 is 0 Å². The van der Waals surface area contributed by atoms with Crippen LogP contribution in [0, 0.1) is 0 Å². The van der Waals surface area contributed by atoms with Gasteiger partial charge in [-0.3, -0.25) is 4.79 Å². The molecule has 0 fully saturated rings. The topological polar surface area (TPSA) is 60.5 Å². The predicted molar refractivity (Wildman–Crippen MR) is 117 cm³/mol. The number of carbonyl (C=O) groups is 1. The Morgan fingerprint density at radius 2 is 1.83 bits per heavy atom. The number of fused-ring (bicyclic) bond motifs is 1. The van der Waals surface area contributed by atoms with E-state index >= 15 is 0 Å². The van der Waals surface area contributed by atoms with Gasteiger partial charge in [0.1, 0.15) is 11.5 Å². The number of ether oxygens (including phenoxy) is 2. The van der Waals surface area contributed by atoms with Crippen LogP contribution in [-0.2, 0) is 0 Å². The Morgan fingerprint density at radius 3 is 2.59 bits per heavy atom. The van der Waals surface area contributed by atoms with E-state index in [2.05, 4.69) is 12.2 Å². The molecule has 0 saturated carbocycles. The lowest BCUT2D eigenvalue weighted by atomic mass is 10.0. The minimum Gasteiger partial charge on any atom is -0.497 e. The van der Waals surface area contributed by atoms with E-state index in [4.69, 9.17) is 14.5 Å². The van der Waals surface area contributed by atoms with Gasteiger partial charge in [0, 0.05) is 23.6 Å². The summed E-state index contributed by atoms with van der Waals surface area (Å²) in [7, 11) is 3.23. The van der Waals surface area contributed by atoms with E-state index in [0.29, 0.717) is 29.3 Å². The number of hydrogen-bond donors (Lipinski definition) is 1. The molecule has 1 amide bonds. The first-order valence-corrected chi connectivity index (χ1v) is 10.1. The molecule has 0 unspecified atom stereocenters. The minimum atomic E-state index is -0.0752. The number of carbonyl (C=O) groups excluding carboxylic acids is 1. The van der Waals surface area contributed by atoms with E-state index in [1.54, 1.807) is 14.2 Å². The van der Waals surface area contributed by atoms with Gasteiger partial charge in [-0.15, -0.1) is 0 Å². The summed E-state index contributed by atoms with van der Waals surface area (Å²) in [6.45, 7) is 2.85. The highest BCUT2D eigenvalue weighted by molar-refractivity contribution is 6.07. The van der Waals surface area contributed by atoms with E-state index < -0.39 is 0 Å². The second-order valence-electron chi connectivity index (χ2n) is 6.95. The van der Waals surface area contributed by atoms with Crippen molar-refractivity contribution in [2.75, 3.05) is 20.8 Å². The summed E-state index contributed by atoms with van der Waals surface area (Å²) in [4.78, 5) is 17.7. The smallest absolute Gasteiger partial charge is 0.252 e. The predicted octanol–water partition coefficient (Wildman–Crippen LogP) is 5.23. The normalized spacial score (nSPS) is 10.7. The molecule has 29 heavy (non-hydrogen) atoms. The van der Waals surface area contributed by atoms with Gasteiger partial charge in [0.05, 0.1) is 31.0 Å². The molecule has 0 bridgehead atoms. The summed E-state index contributed by atoms with van der Waals surface area (Å²) in [5.41, 5.74) is 2.91. The second kappa shape index (κ2) is 9.92. The zero-order valence-corrected chi connectivity index (χ0v) is 17.3. The minimum absolute atomic E-state index is 0.0752. The fourth-order valence-electron chi connectivity index (χ4n) is 3.36. The number of rotatable bonds is 9. The van der Waals surface area contributed by atoms with Crippen molar-refractivity contribution in [3.63, 3.8) is 0 Å². The van der Waals surface area contributed by atoms with E-state index in [1.807, 2.05) is 48.5 Å². The molecule has 2 aromatic carbocycles. The molecule has 1 aromatic heterocycles. The maximum atomic E-state index is 12.9. The highest BCUT2D eigenvalue weighted by Crippen LogP contribution is 2.34. The first kappa shape index (κ1) is 20.6. The first-order chi connectivity index (χ1) is 14.2. The van der Waals surface area contributed by atoms with Crippen molar-refractivity contribution in [2.24, 2.45) is 0 Å². The lowest BCUT2D eigenvalue weighted by Gasteiger charge is -2.13. The van der Waals surface area contributed by atoms with E-state index in [9.17, 15) is 4.79 Å². The fourth-order valence-corrected chi connectivity index (χ4v) is 3.36. The monoisotopic (exact) mass is 392 g/mol. The third-order valence-electron chi connectivity index (χ3n) is 4.96. The molecule has 1 heterocycles. The zero-order chi connectivity index (χ0) is 20.6. The van der Waals surface area contributed by atoms with Crippen molar-refractivity contribution in [1.29, 1.82) is 0 Å². The molecular weight excluding hydrogens is 364 g/mol. The Balaban J connectivity index is 1.97. The molecule has 0 saturated heterocycles. The first-order valence-electron chi connectivity index (χ1n) is 10.1. The number of amides is 1. The lowest BCUT2D eigenvalue weighted by Crippen LogP contribution is -2.24. The van der Waals surface area contributed by atoms with Crippen molar-refractivity contribution in [1.82, 2.24) is 10.3 Å². The number of pyridine rings is 1. The average Bonchev–Trinajstić information content (AvgIpc) is 2.77. The lowest BCUT2D eigenvalue weighted by molar-refractivity contribution is 0.0954. The molecule has 3 aromatic rings. The maximum Gasteiger partial charge on any atom is 0.252 e. The molecule has 1 N–H and O–H groups in total. The maximum absolute atomic E-state index is 12.9. The summed E-state index contributed by atoms with van der Waals surface area (Å²) < 4.78 is 10.8.